The fourth-order valence-corrected chi connectivity index (χ4v) is 3.71. The van der Waals surface area contributed by atoms with Gasteiger partial charge in [0, 0.05) is 25.8 Å². The highest BCUT2D eigenvalue weighted by atomic mass is 35.5. The SMILES string of the molecule is FC(F)(F)c1ccccc1C1CCN(CC2N=CCN2)C(Cl)C1. The van der Waals surface area contributed by atoms with E-state index in [1.807, 2.05) is 6.21 Å². The van der Waals surface area contributed by atoms with Crippen LogP contribution in [0.1, 0.15) is 29.9 Å². The van der Waals surface area contributed by atoms with Gasteiger partial charge in [-0.25, -0.2) is 0 Å². The van der Waals surface area contributed by atoms with Crippen molar-refractivity contribution in [3.63, 3.8) is 0 Å². The molecule has 0 saturated carbocycles. The highest BCUT2D eigenvalue weighted by molar-refractivity contribution is 6.20. The first-order chi connectivity index (χ1) is 10.9. The molecule has 2 aliphatic rings. The normalized spacial score (nSPS) is 29.1. The van der Waals surface area contributed by atoms with Gasteiger partial charge in [-0.3, -0.25) is 15.2 Å². The van der Waals surface area contributed by atoms with Crippen LogP contribution in [0.25, 0.3) is 0 Å². The van der Waals surface area contributed by atoms with Gasteiger partial charge < -0.3 is 0 Å². The van der Waals surface area contributed by atoms with Gasteiger partial charge in [0.25, 0.3) is 0 Å². The maximum absolute atomic E-state index is 13.2. The number of rotatable bonds is 3. The van der Waals surface area contributed by atoms with Gasteiger partial charge >= 0.3 is 6.18 Å². The Kier molecular flexibility index (Phi) is 4.94. The maximum Gasteiger partial charge on any atom is 0.416 e. The number of piperidine rings is 1. The molecule has 3 atom stereocenters. The van der Waals surface area contributed by atoms with Crippen LogP contribution in [-0.2, 0) is 6.18 Å². The molecule has 1 aromatic rings. The number of aliphatic imine (C=N–C) groups is 1. The maximum atomic E-state index is 13.2. The van der Waals surface area contributed by atoms with Crippen LogP contribution in [0.2, 0.25) is 0 Å². The van der Waals surface area contributed by atoms with Crippen LogP contribution in [0.5, 0.6) is 0 Å². The zero-order valence-electron chi connectivity index (χ0n) is 12.6. The Morgan fingerprint density at radius 2 is 2.09 bits per heavy atom. The summed E-state index contributed by atoms with van der Waals surface area (Å²) >= 11 is 6.44. The molecule has 0 amide bonds. The summed E-state index contributed by atoms with van der Waals surface area (Å²) < 4.78 is 39.5. The van der Waals surface area contributed by atoms with Crippen LogP contribution in [0.4, 0.5) is 13.2 Å². The Morgan fingerprint density at radius 3 is 2.74 bits per heavy atom. The Balaban J connectivity index is 1.69. The lowest BCUT2D eigenvalue weighted by Gasteiger charge is -2.37. The number of alkyl halides is 4. The quantitative estimate of drug-likeness (QED) is 0.671. The lowest BCUT2D eigenvalue weighted by molar-refractivity contribution is -0.138. The minimum atomic E-state index is -4.32. The van der Waals surface area contributed by atoms with Gasteiger partial charge in [-0.05, 0) is 30.4 Å². The van der Waals surface area contributed by atoms with Crippen molar-refractivity contribution in [1.29, 1.82) is 0 Å². The molecule has 1 saturated heterocycles. The first-order valence-electron chi connectivity index (χ1n) is 7.74. The fraction of sp³-hybridized carbons (Fsp3) is 0.562. The topological polar surface area (TPSA) is 27.6 Å². The largest absolute Gasteiger partial charge is 0.416 e. The Bertz CT molecular complexity index is 576. The summed E-state index contributed by atoms with van der Waals surface area (Å²) in [7, 11) is 0. The van der Waals surface area contributed by atoms with Crippen LogP contribution in [0.15, 0.2) is 29.3 Å². The fourth-order valence-electron chi connectivity index (χ4n) is 3.32. The lowest BCUT2D eigenvalue weighted by Crippen LogP contribution is -2.45. The van der Waals surface area contributed by atoms with Crippen LogP contribution < -0.4 is 5.32 Å². The standard InChI is InChI=1S/C16H19ClF3N3/c17-14-9-11(5-8-23(14)10-15-21-6-7-22-15)12-3-1-2-4-13(12)16(18,19)20/h1-4,6,11,14-15,22H,5,7-10H2. The average Bonchev–Trinajstić information content (AvgIpc) is 3.01. The second-order valence-corrected chi connectivity index (χ2v) is 6.50. The Morgan fingerprint density at radius 1 is 1.30 bits per heavy atom. The highest BCUT2D eigenvalue weighted by Crippen LogP contribution is 2.40. The van der Waals surface area contributed by atoms with Gasteiger partial charge in [-0.2, -0.15) is 13.2 Å². The van der Waals surface area contributed by atoms with Crippen LogP contribution in [0.3, 0.4) is 0 Å². The molecule has 0 bridgehead atoms. The molecule has 0 spiro atoms. The van der Waals surface area contributed by atoms with E-state index >= 15 is 0 Å². The van der Waals surface area contributed by atoms with E-state index in [1.54, 1.807) is 12.1 Å². The summed E-state index contributed by atoms with van der Waals surface area (Å²) in [5, 5.41) is 3.23. The number of halogens is 4. The van der Waals surface area contributed by atoms with Crippen LogP contribution in [0, 0.1) is 0 Å². The van der Waals surface area contributed by atoms with Crippen molar-refractivity contribution >= 4 is 17.8 Å². The van der Waals surface area contributed by atoms with Crippen molar-refractivity contribution in [2.45, 2.75) is 36.6 Å². The molecule has 1 aromatic carbocycles. The zero-order chi connectivity index (χ0) is 16.4. The van der Waals surface area contributed by atoms with Gasteiger partial charge in [0.1, 0.15) is 6.17 Å². The van der Waals surface area contributed by atoms with Crippen molar-refractivity contribution in [2.75, 3.05) is 19.6 Å². The lowest BCUT2D eigenvalue weighted by atomic mass is 9.86. The summed E-state index contributed by atoms with van der Waals surface area (Å²) in [5.41, 5.74) is -0.445. The minimum absolute atomic E-state index is 0.0373. The van der Waals surface area contributed by atoms with E-state index in [1.165, 1.54) is 6.07 Å². The molecular weight excluding hydrogens is 327 g/mol. The van der Waals surface area contributed by atoms with E-state index in [0.29, 0.717) is 31.5 Å². The number of nitrogens with one attached hydrogen (secondary N) is 1. The zero-order valence-corrected chi connectivity index (χ0v) is 13.3. The van der Waals surface area contributed by atoms with Gasteiger partial charge in [0.15, 0.2) is 0 Å². The number of likely N-dealkylation sites (tertiary alicyclic amines) is 1. The van der Waals surface area contributed by atoms with Gasteiger partial charge in [-0.15, -0.1) is 11.6 Å². The van der Waals surface area contributed by atoms with E-state index in [4.69, 9.17) is 11.6 Å². The van der Waals surface area contributed by atoms with Crippen molar-refractivity contribution in [3.05, 3.63) is 35.4 Å². The highest BCUT2D eigenvalue weighted by Gasteiger charge is 2.37. The predicted molar refractivity (Wildman–Crippen MR) is 84.9 cm³/mol. The van der Waals surface area contributed by atoms with Gasteiger partial charge in [0.05, 0.1) is 11.1 Å². The Labute approximate surface area is 138 Å². The van der Waals surface area contributed by atoms with E-state index in [0.717, 1.165) is 12.6 Å². The number of hydrogen-bond acceptors (Lipinski definition) is 3. The van der Waals surface area contributed by atoms with Crippen molar-refractivity contribution in [2.24, 2.45) is 4.99 Å². The number of nitrogens with zero attached hydrogens (tertiary/aromatic N) is 2. The summed E-state index contributed by atoms with van der Waals surface area (Å²) in [6.07, 6.45) is -1.26. The molecule has 1 N–H and O–H groups in total. The second-order valence-electron chi connectivity index (χ2n) is 5.99. The molecule has 3 rings (SSSR count). The molecule has 1 fully saturated rings. The summed E-state index contributed by atoms with van der Waals surface area (Å²) in [5.74, 6) is -0.161. The van der Waals surface area contributed by atoms with Crippen molar-refractivity contribution in [1.82, 2.24) is 10.2 Å². The van der Waals surface area contributed by atoms with Crippen LogP contribution >= 0.6 is 11.6 Å². The molecule has 23 heavy (non-hydrogen) atoms. The average molecular weight is 346 g/mol. The first kappa shape index (κ1) is 16.7. The van der Waals surface area contributed by atoms with E-state index in [-0.39, 0.29) is 17.6 Å². The molecule has 3 nitrogen and oxygen atoms in total. The van der Waals surface area contributed by atoms with Gasteiger partial charge in [-0.1, -0.05) is 18.2 Å². The molecular formula is C16H19ClF3N3. The monoisotopic (exact) mass is 345 g/mol. The molecule has 2 aliphatic heterocycles. The third-order valence-electron chi connectivity index (χ3n) is 4.48. The van der Waals surface area contributed by atoms with Crippen molar-refractivity contribution < 1.29 is 13.2 Å². The smallest absolute Gasteiger partial charge is 0.290 e. The minimum Gasteiger partial charge on any atom is -0.290 e. The van der Waals surface area contributed by atoms with Crippen LogP contribution in [-0.4, -0.2) is 42.4 Å². The molecule has 3 unspecified atom stereocenters. The second kappa shape index (κ2) is 6.79. The summed E-state index contributed by atoms with van der Waals surface area (Å²) in [6.45, 7) is 2.13. The molecule has 2 heterocycles. The first-order valence-corrected chi connectivity index (χ1v) is 8.18. The predicted octanol–water partition coefficient (Wildman–Crippen LogP) is 3.45. The summed E-state index contributed by atoms with van der Waals surface area (Å²) in [6, 6.07) is 5.83. The third kappa shape index (κ3) is 3.87. The summed E-state index contributed by atoms with van der Waals surface area (Å²) in [4.78, 5) is 6.39. The molecule has 0 aliphatic carbocycles. The number of hydrogen-bond donors (Lipinski definition) is 1. The van der Waals surface area contributed by atoms with Crippen molar-refractivity contribution in [3.8, 4) is 0 Å². The molecule has 126 valence electrons. The number of benzene rings is 1. The van der Waals surface area contributed by atoms with E-state index in [2.05, 4.69) is 15.2 Å². The Hall–Kier alpha value is -1.11. The van der Waals surface area contributed by atoms with Gasteiger partial charge in [0.2, 0.25) is 0 Å². The van der Waals surface area contributed by atoms with E-state index < -0.39 is 11.7 Å². The third-order valence-corrected chi connectivity index (χ3v) is 4.94. The van der Waals surface area contributed by atoms with E-state index in [9.17, 15) is 13.2 Å². The molecule has 7 heteroatoms. The molecule has 0 radical (unpaired) electrons. The molecule has 0 aromatic heterocycles.